The first-order valence-corrected chi connectivity index (χ1v) is 6.16. The average molecular weight is 525 g/mol. The van der Waals surface area contributed by atoms with Gasteiger partial charge >= 0.3 is 20.1 Å². The van der Waals surface area contributed by atoms with Crippen LogP contribution in [0.15, 0.2) is 68.4 Å². The molecule has 0 aromatic carbocycles. The molecule has 10 heteroatoms. The van der Waals surface area contributed by atoms with E-state index in [0.717, 1.165) is 0 Å². The fourth-order valence-corrected chi connectivity index (χ4v) is 1.18. The van der Waals surface area contributed by atoms with Crippen molar-refractivity contribution in [1.29, 1.82) is 0 Å². The van der Waals surface area contributed by atoms with Gasteiger partial charge in [0.25, 0.3) is 0 Å². The van der Waals surface area contributed by atoms with Crippen molar-refractivity contribution < 1.29 is 63.1 Å². The molecule has 3 aromatic heterocycles. The third-order valence-corrected chi connectivity index (χ3v) is 2.17. The molecule has 3 heterocycles. The molecule has 0 fully saturated rings. The van der Waals surface area contributed by atoms with Gasteiger partial charge in [0.2, 0.25) is 0 Å². The van der Waals surface area contributed by atoms with Crippen LogP contribution in [-0.4, -0.2) is 17.9 Å². The quantitative estimate of drug-likeness (QED) is 0.415. The van der Waals surface area contributed by atoms with Crippen LogP contribution in [0, 0.1) is 0 Å². The number of hydrogen-bond acceptors (Lipinski definition) is 9. The number of furan rings is 3. The Kier molecular flexibility index (Phi) is 10.0. The molecule has 0 spiro atoms. The van der Waals surface area contributed by atoms with Gasteiger partial charge in [-0.2, -0.15) is 0 Å². The molecular formula is C15H9IrO9. The van der Waals surface area contributed by atoms with Crippen molar-refractivity contribution >= 4 is 17.9 Å². The number of aromatic carboxylic acids is 3. The van der Waals surface area contributed by atoms with Crippen LogP contribution in [0.4, 0.5) is 0 Å². The molecule has 3 rings (SSSR count). The molecule has 0 aliphatic carbocycles. The zero-order valence-corrected chi connectivity index (χ0v) is 14.6. The molecule has 0 radical (unpaired) electrons. The van der Waals surface area contributed by atoms with Crippen molar-refractivity contribution in [2.45, 2.75) is 0 Å². The Hall–Kier alpha value is -3.10. The molecule has 3 aromatic rings. The second kappa shape index (κ2) is 11.4. The first kappa shape index (κ1) is 21.9. The van der Waals surface area contributed by atoms with E-state index in [-0.39, 0.29) is 37.4 Å². The summed E-state index contributed by atoms with van der Waals surface area (Å²) < 4.78 is 13.3. The van der Waals surface area contributed by atoms with Crippen LogP contribution in [0.1, 0.15) is 31.7 Å². The maximum Gasteiger partial charge on any atom is 3.00 e. The predicted molar refractivity (Wildman–Crippen MR) is 69.1 cm³/mol. The van der Waals surface area contributed by atoms with Crippen LogP contribution >= 0.6 is 0 Å². The Balaban J connectivity index is 0.000000339. The normalized spacial score (nSPS) is 8.64. The molecule has 0 bridgehead atoms. The Labute approximate surface area is 153 Å². The minimum atomic E-state index is -1.28. The van der Waals surface area contributed by atoms with Crippen molar-refractivity contribution in [3.05, 3.63) is 72.5 Å². The van der Waals surface area contributed by atoms with Crippen molar-refractivity contribution in [3.8, 4) is 0 Å². The van der Waals surface area contributed by atoms with E-state index >= 15 is 0 Å². The summed E-state index contributed by atoms with van der Waals surface area (Å²) >= 11 is 0. The van der Waals surface area contributed by atoms with Gasteiger partial charge in [0.15, 0.2) is 0 Å². The number of hydrogen-bond donors (Lipinski definition) is 0. The van der Waals surface area contributed by atoms with Crippen molar-refractivity contribution in [2.75, 3.05) is 0 Å². The van der Waals surface area contributed by atoms with Crippen LogP contribution in [0.3, 0.4) is 0 Å². The molecule has 0 aliphatic heterocycles. The van der Waals surface area contributed by atoms with Crippen molar-refractivity contribution in [3.63, 3.8) is 0 Å². The monoisotopic (exact) mass is 526 g/mol. The summed E-state index contributed by atoms with van der Waals surface area (Å²) in [5.74, 6) is -4.25. The first-order valence-electron chi connectivity index (χ1n) is 6.16. The maximum absolute atomic E-state index is 9.86. The predicted octanol–water partition coefficient (Wildman–Crippen LogP) is -1.07. The van der Waals surface area contributed by atoms with Gasteiger partial charge in [-0.25, -0.2) is 0 Å². The summed E-state index contributed by atoms with van der Waals surface area (Å²) in [7, 11) is 0. The molecule has 0 amide bonds. The molecule has 25 heavy (non-hydrogen) atoms. The van der Waals surface area contributed by atoms with Crippen LogP contribution in [0.5, 0.6) is 0 Å². The van der Waals surface area contributed by atoms with E-state index < -0.39 is 17.9 Å². The van der Waals surface area contributed by atoms with Gasteiger partial charge < -0.3 is 43.0 Å². The first-order chi connectivity index (χ1) is 11.4. The molecule has 0 saturated carbocycles. The van der Waals surface area contributed by atoms with Gasteiger partial charge in [0.05, 0.1) is 18.8 Å². The average Bonchev–Trinajstić information content (AvgIpc) is 3.29. The summed E-state index contributed by atoms with van der Waals surface area (Å²) in [5.41, 5.74) is 0. The van der Waals surface area contributed by atoms with E-state index in [9.17, 15) is 29.7 Å². The van der Waals surface area contributed by atoms with E-state index in [1.165, 1.54) is 55.2 Å². The summed E-state index contributed by atoms with van der Waals surface area (Å²) in [6.07, 6.45) is 3.85. The van der Waals surface area contributed by atoms with E-state index in [2.05, 4.69) is 13.3 Å². The molecule has 0 N–H and O–H groups in total. The van der Waals surface area contributed by atoms with E-state index in [4.69, 9.17) is 0 Å². The summed E-state index contributed by atoms with van der Waals surface area (Å²) in [6.45, 7) is 0. The minimum absolute atomic E-state index is 0. The van der Waals surface area contributed by atoms with E-state index in [1.807, 2.05) is 0 Å². The number of carbonyl (C=O) groups excluding carboxylic acids is 3. The Bertz CT molecular complexity index is 638. The third kappa shape index (κ3) is 8.35. The molecule has 0 aliphatic rings. The SMILES string of the molecule is O=C([O-])c1ccco1.O=C([O-])c1ccco1.O=C([O-])c1ccco1.[Ir+3]. The van der Waals surface area contributed by atoms with Crippen LogP contribution in [-0.2, 0) is 20.1 Å². The number of rotatable bonds is 3. The fourth-order valence-electron chi connectivity index (χ4n) is 1.18. The third-order valence-electron chi connectivity index (χ3n) is 2.17. The van der Waals surface area contributed by atoms with Gasteiger partial charge in [-0.15, -0.1) is 0 Å². The molecule has 9 nitrogen and oxygen atoms in total. The van der Waals surface area contributed by atoms with Crippen molar-refractivity contribution in [2.24, 2.45) is 0 Å². The van der Waals surface area contributed by atoms with Crippen molar-refractivity contribution in [1.82, 2.24) is 0 Å². The van der Waals surface area contributed by atoms with Crippen LogP contribution < -0.4 is 15.3 Å². The number of carboxylic acids is 3. The number of carbonyl (C=O) groups is 3. The molecule has 0 saturated heterocycles. The van der Waals surface area contributed by atoms with Gasteiger partial charge in [0.1, 0.15) is 35.2 Å². The van der Waals surface area contributed by atoms with Gasteiger partial charge in [-0.05, 0) is 36.4 Å². The van der Waals surface area contributed by atoms with Gasteiger partial charge in [-0.3, -0.25) is 0 Å². The zero-order valence-electron chi connectivity index (χ0n) is 12.2. The maximum atomic E-state index is 9.86. The molecular weight excluding hydrogens is 516 g/mol. The summed E-state index contributed by atoms with van der Waals surface area (Å²) in [5, 5.41) is 29.6. The molecule has 0 unspecified atom stereocenters. The smallest absolute Gasteiger partial charge is 0.542 e. The number of carboxylic acid groups (broad SMARTS) is 3. The summed E-state index contributed by atoms with van der Waals surface area (Å²) in [6, 6.07) is 8.46. The minimum Gasteiger partial charge on any atom is -0.542 e. The summed E-state index contributed by atoms with van der Waals surface area (Å²) in [4.78, 5) is 29.6. The van der Waals surface area contributed by atoms with Crippen LogP contribution in [0.25, 0.3) is 0 Å². The van der Waals surface area contributed by atoms with Crippen LogP contribution in [0.2, 0.25) is 0 Å². The second-order valence-electron chi connectivity index (χ2n) is 3.79. The standard InChI is InChI=1S/3C5H4O3.Ir/c3*6-5(7)4-2-1-3-8-4;/h3*1-3H,(H,6,7);/q;;;+3/p-3. The fraction of sp³-hybridized carbons (Fsp3) is 0. The molecule has 0 atom stereocenters. The van der Waals surface area contributed by atoms with Gasteiger partial charge in [-0.1, -0.05) is 0 Å². The topological polar surface area (TPSA) is 160 Å². The molecule has 132 valence electrons. The van der Waals surface area contributed by atoms with E-state index in [0.29, 0.717) is 0 Å². The largest absolute Gasteiger partial charge is 3.00 e. The van der Waals surface area contributed by atoms with E-state index in [1.54, 1.807) is 0 Å². The zero-order chi connectivity index (χ0) is 17.9. The Morgan fingerprint density at radius 1 is 0.600 bits per heavy atom. The second-order valence-corrected chi connectivity index (χ2v) is 3.79. The Morgan fingerprint density at radius 2 is 0.840 bits per heavy atom. The van der Waals surface area contributed by atoms with Gasteiger partial charge in [0, 0.05) is 0 Å². The Morgan fingerprint density at radius 3 is 0.920 bits per heavy atom.